The summed E-state index contributed by atoms with van der Waals surface area (Å²) in [7, 11) is 0. The number of hydrogen-bond donors (Lipinski definition) is 1. The first-order valence-corrected chi connectivity index (χ1v) is 10.2. The molecule has 3 rings (SSSR count). The Labute approximate surface area is 187 Å². The van der Waals surface area contributed by atoms with Crippen LogP contribution in [0.2, 0.25) is 10.0 Å². The topological polar surface area (TPSA) is 52.9 Å². The maximum atomic E-state index is 12.6. The molecule has 0 aliphatic rings. The summed E-state index contributed by atoms with van der Waals surface area (Å²) in [6, 6.07) is 22.0. The average Bonchev–Trinajstić information content (AvgIpc) is 2.71. The van der Waals surface area contributed by atoms with Crippen molar-refractivity contribution in [3.8, 4) is 6.07 Å². The molecule has 3 aromatic carbocycles. The van der Waals surface area contributed by atoms with E-state index in [1.807, 2.05) is 48.5 Å². The minimum atomic E-state index is -0.488. The number of benzene rings is 3. The quantitative estimate of drug-likeness (QED) is 0.316. The maximum absolute atomic E-state index is 12.6. The lowest BCUT2D eigenvalue weighted by atomic mass is 9.98. The molecule has 0 bridgehead atoms. The highest BCUT2D eigenvalue weighted by molar-refractivity contribution is 9.10. The van der Waals surface area contributed by atoms with E-state index in [0.29, 0.717) is 22.2 Å². The van der Waals surface area contributed by atoms with Crippen LogP contribution in [0.25, 0.3) is 6.08 Å². The van der Waals surface area contributed by atoms with Gasteiger partial charge in [-0.05, 0) is 71.7 Å². The second-order valence-corrected chi connectivity index (χ2v) is 8.00. The Morgan fingerprint density at radius 2 is 1.76 bits per heavy atom. The van der Waals surface area contributed by atoms with Gasteiger partial charge < -0.3 is 5.32 Å². The first kappa shape index (κ1) is 21.1. The minimum absolute atomic E-state index is 0.00143. The molecule has 1 N–H and O–H groups in total. The number of rotatable bonds is 5. The summed E-state index contributed by atoms with van der Waals surface area (Å²) in [5, 5.41) is 13.5. The molecule has 0 spiro atoms. The minimum Gasteiger partial charge on any atom is -0.321 e. The van der Waals surface area contributed by atoms with E-state index in [9.17, 15) is 10.1 Å². The summed E-state index contributed by atoms with van der Waals surface area (Å²) in [5.41, 5.74) is 3.25. The fraction of sp³-hybridized carbons (Fsp3) is 0.0435. The molecule has 3 aromatic rings. The van der Waals surface area contributed by atoms with Gasteiger partial charge in [0.15, 0.2) is 0 Å². The van der Waals surface area contributed by atoms with Crippen LogP contribution in [-0.2, 0) is 11.2 Å². The van der Waals surface area contributed by atoms with E-state index in [1.165, 1.54) is 0 Å². The van der Waals surface area contributed by atoms with E-state index in [2.05, 4.69) is 21.2 Å². The first-order chi connectivity index (χ1) is 14.0. The molecule has 0 aliphatic heterocycles. The highest BCUT2D eigenvalue weighted by Crippen LogP contribution is 2.25. The standard InChI is InChI=1S/C23H15BrCl2N2O/c24-19-6-5-15(11-16-3-1-2-4-22(16)26)17(13-19)12-18(14-27)23(29)28-21-9-7-20(25)8-10-21/h1-10,12-13H,11H2,(H,28,29)/b18-12+. The number of nitrogens with zero attached hydrogens (tertiary/aromatic N) is 1. The van der Waals surface area contributed by atoms with Gasteiger partial charge >= 0.3 is 0 Å². The number of hydrogen-bond acceptors (Lipinski definition) is 2. The highest BCUT2D eigenvalue weighted by atomic mass is 79.9. The molecule has 0 saturated carbocycles. The van der Waals surface area contributed by atoms with Crippen LogP contribution in [0.15, 0.2) is 76.8 Å². The number of nitrogens with one attached hydrogen (secondary N) is 1. The number of anilines is 1. The van der Waals surface area contributed by atoms with Crippen molar-refractivity contribution in [2.75, 3.05) is 5.32 Å². The van der Waals surface area contributed by atoms with Gasteiger partial charge in [-0.3, -0.25) is 4.79 Å². The third kappa shape index (κ3) is 5.71. The van der Waals surface area contributed by atoms with Gasteiger partial charge in [0, 0.05) is 20.2 Å². The zero-order valence-corrected chi connectivity index (χ0v) is 18.2. The number of amides is 1. The Morgan fingerprint density at radius 3 is 2.45 bits per heavy atom. The molecule has 0 radical (unpaired) electrons. The molecular weight excluding hydrogens is 471 g/mol. The van der Waals surface area contributed by atoms with Crippen molar-refractivity contribution < 1.29 is 4.79 Å². The van der Waals surface area contributed by atoms with Crippen LogP contribution in [0, 0.1) is 11.3 Å². The van der Waals surface area contributed by atoms with E-state index < -0.39 is 5.91 Å². The van der Waals surface area contributed by atoms with Gasteiger partial charge in [0.05, 0.1) is 0 Å². The van der Waals surface area contributed by atoms with Crippen LogP contribution in [-0.4, -0.2) is 5.91 Å². The van der Waals surface area contributed by atoms with E-state index in [4.69, 9.17) is 23.2 Å². The molecule has 6 heteroatoms. The Morgan fingerprint density at radius 1 is 1.03 bits per heavy atom. The van der Waals surface area contributed by atoms with E-state index >= 15 is 0 Å². The van der Waals surface area contributed by atoms with Gasteiger partial charge in [0.2, 0.25) is 0 Å². The van der Waals surface area contributed by atoms with E-state index in [1.54, 1.807) is 30.3 Å². The van der Waals surface area contributed by atoms with Crippen LogP contribution in [0.3, 0.4) is 0 Å². The van der Waals surface area contributed by atoms with Crippen molar-refractivity contribution >= 4 is 56.8 Å². The summed E-state index contributed by atoms with van der Waals surface area (Å²) in [6.07, 6.45) is 2.17. The summed E-state index contributed by atoms with van der Waals surface area (Å²) in [6.45, 7) is 0. The lowest BCUT2D eigenvalue weighted by Crippen LogP contribution is -2.13. The molecule has 0 saturated heterocycles. The summed E-state index contributed by atoms with van der Waals surface area (Å²) in [4.78, 5) is 12.6. The molecule has 29 heavy (non-hydrogen) atoms. The summed E-state index contributed by atoms with van der Waals surface area (Å²) < 4.78 is 0.849. The van der Waals surface area contributed by atoms with Crippen molar-refractivity contribution in [2.45, 2.75) is 6.42 Å². The average molecular weight is 486 g/mol. The Hall–Kier alpha value is -2.58. The lowest BCUT2D eigenvalue weighted by molar-refractivity contribution is -0.112. The zero-order valence-electron chi connectivity index (χ0n) is 15.1. The van der Waals surface area contributed by atoms with Gasteiger partial charge in [-0.25, -0.2) is 0 Å². The van der Waals surface area contributed by atoms with Gasteiger partial charge in [-0.1, -0.05) is 63.4 Å². The van der Waals surface area contributed by atoms with Crippen molar-refractivity contribution in [3.05, 3.63) is 104 Å². The van der Waals surface area contributed by atoms with Crippen molar-refractivity contribution in [1.82, 2.24) is 0 Å². The normalized spacial score (nSPS) is 11.0. The van der Waals surface area contributed by atoms with Gasteiger partial charge in [-0.15, -0.1) is 0 Å². The van der Waals surface area contributed by atoms with Crippen LogP contribution in [0.5, 0.6) is 0 Å². The highest BCUT2D eigenvalue weighted by Gasteiger charge is 2.12. The van der Waals surface area contributed by atoms with Crippen molar-refractivity contribution in [3.63, 3.8) is 0 Å². The van der Waals surface area contributed by atoms with Crippen LogP contribution in [0.1, 0.15) is 16.7 Å². The second kappa shape index (κ2) is 9.76. The number of carbonyl (C=O) groups excluding carboxylic acids is 1. The molecule has 0 aromatic heterocycles. The van der Waals surface area contributed by atoms with Crippen LogP contribution >= 0.6 is 39.1 Å². The number of nitriles is 1. The molecule has 0 fully saturated rings. The smallest absolute Gasteiger partial charge is 0.266 e. The zero-order chi connectivity index (χ0) is 20.8. The predicted octanol–water partition coefficient (Wildman–Crippen LogP) is 6.89. The molecule has 0 unspecified atom stereocenters. The second-order valence-electron chi connectivity index (χ2n) is 6.24. The van der Waals surface area contributed by atoms with Gasteiger partial charge in [0.1, 0.15) is 11.6 Å². The van der Waals surface area contributed by atoms with E-state index in [0.717, 1.165) is 21.2 Å². The van der Waals surface area contributed by atoms with E-state index in [-0.39, 0.29) is 5.57 Å². The predicted molar refractivity (Wildman–Crippen MR) is 122 cm³/mol. The fourth-order valence-electron chi connectivity index (χ4n) is 2.74. The SMILES string of the molecule is N#C/C(=C\c1cc(Br)ccc1Cc1ccccc1Cl)C(=O)Nc1ccc(Cl)cc1. The molecule has 144 valence electrons. The van der Waals surface area contributed by atoms with Gasteiger partial charge in [-0.2, -0.15) is 5.26 Å². The number of carbonyl (C=O) groups is 1. The largest absolute Gasteiger partial charge is 0.321 e. The maximum Gasteiger partial charge on any atom is 0.266 e. The molecule has 0 heterocycles. The Kier molecular flexibility index (Phi) is 7.11. The molecular formula is C23H15BrCl2N2O. The first-order valence-electron chi connectivity index (χ1n) is 8.67. The van der Waals surface area contributed by atoms with Gasteiger partial charge in [0.25, 0.3) is 5.91 Å². The molecule has 0 aliphatic carbocycles. The lowest BCUT2D eigenvalue weighted by Gasteiger charge is -2.10. The number of halogens is 3. The fourth-order valence-corrected chi connectivity index (χ4v) is 3.45. The van der Waals surface area contributed by atoms with Crippen LogP contribution < -0.4 is 5.32 Å². The molecule has 0 atom stereocenters. The van der Waals surface area contributed by atoms with Crippen molar-refractivity contribution in [2.24, 2.45) is 0 Å². The third-order valence-electron chi connectivity index (χ3n) is 4.21. The Bertz CT molecular complexity index is 1120. The summed E-state index contributed by atoms with van der Waals surface area (Å²) in [5.74, 6) is -0.488. The summed E-state index contributed by atoms with van der Waals surface area (Å²) >= 11 is 15.6. The van der Waals surface area contributed by atoms with Crippen molar-refractivity contribution in [1.29, 1.82) is 5.26 Å². The monoisotopic (exact) mass is 484 g/mol. The third-order valence-corrected chi connectivity index (χ3v) is 5.33. The molecule has 3 nitrogen and oxygen atoms in total. The van der Waals surface area contributed by atoms with Crippen LogP contribution in [0.4, 0.5) is 5.69 Å². The Balaban J connectivity index is 1.91. The molecule has 1 amide bonds.